The third-order valence-corrected chi connectivity index (χ3v) is 4.13. The molecule has 0 saturated carbocycles. The minimum Gasteiger partial charge on any atom is -0.496 e. The molecule has 21 heavy (non-hydrogen) atoms. The Balaban J connectivity index is 1.78. The molecule has 0 amide bonds. The Kier molecular flexibility index (Phi) is 4.32. The van der Waals surface area contributed by atoms with Gasteiger partial charge in [0.1, 0.15) is 11.5 Å². The zero-order valence-electron chi connectivity index (χ0n) is 11.9. The maximum atomic E-state index is 6.28. The van der Waals surface area contributed by atoms with Gasteiger partial charge in [-0.15, -0.1) is 0 Å². The molecular formula is C17H18ClNO2. The average Bonchev–Trinajstić information content (AvgIpc) is 2.53. The van der Waals surface area contributed by atoms with E-state index in [0.717, 1.165) is 35.1 Å². The van der Waals surface area contributed by atoms with Crippen LogP contribution in [0.5, 0.6) is 11.5 Å². The van der Waals surface area contributed by atoms with Gasteiger partial charge in [0.25, 0.3) is 0 Å². The Labute approximate surface area is 129 Å². The first-order valence-corrected chi connectivity index (χ1v) is 7.44. The average molecular weight is 304 g/mol. The van der Waals surface area contributed by atoms with Crippen LogP contribution in [0.4, 0.5) is 0 Å². The first-order chi connectivity index (χ1) is 10.3. The highest BCUT2D eigenvalue weighted by molar-refractivity contribution is 6.31. The molecule has 1 N–H and O–H groups in total. The summed E-state index contributed by atoms with van der Waals surface area (Å²) >= 11 is 6.28. The van der Waals surface area contributed by atoms with Crippen LogP contribution in [0.15, 0.2) is 42.5 Å². The lowest BCUT2D eigenvalue weighted by atomic mass is 10.0. The summed E-state index contributed by atoms with van der Waals surface area (Å²) in [5, 5.41) is 4.29. The first kappa shape index (κ1) is 14.2. The summed E-state index contributed by atoms with van der Waals surface area (Å²) in [6, 6.07) is 14.1. The van der Waals surface area contributed by atoms with Crippen LogP contribution in [0.2, 0.25) is 5.02 Å². The predicted molar refractivity (Wildman–Crippen MR) is 84.1 cm³/mol. The second kappa shape index (κ2) is 6.37. The van der Waals surface area contributed by atoms with Gasteiger partial charge in [-0.25, -0.2) is 0 Å². The number of fused-ring (bicyclic) bond motifs is 1. The van der Waals surface area contributed by atoms with E-state index in [0.29, 0.717) is 6.54 Å². The highest BCUT2D eigenvalue weighted by Crippen LogP contribution is 2.33. The maximum absolute atomic E-state index is 6.28. The van der Waals surface area contributed by atoms with Crippen molar-refractivity contribution in [1.82, 2.24) is 5.32 Å². The Morgan fingerprint density at radius 2 is 2.10 bits per heavy atom. The van der Waals surface area contributed by atoms with Gasteiger partial charge in [-0.2, -0.15) is 0 Å². The van der Waals surface area contributed by atoms with Crippen molar-refractivity contribution in [3.05, 3.63) is 58.6 Å². The largest absolute Gasteiger partial charge is 0.496 e. The van der Waals surface area contributed by atoms with E-state index in [9.17, 15) is 0 Å². The minimum atomic E-state index is 0.274. The summed E-state index contributed by atoms with van der Waals surface area (Å²) in [5.74, 6) is 1.78. The molecule has 2 aromatic rings. The smallest absolute Gasteiger partial charge is 0.124 e. The van der Waals surface area contributed by atoms with E-state index < -0.39 is 0 Å². The molecule has 2 aromatic carbocycles. The fourth-order valence-electron chi connectivity index (χ4n) is 2.68. The van der Waals surface area contributed by atoms with Crippen LogP contribution in [0.25, 0.3) is 0 Å². The van der Waals surface area contributed by atoms with Gasteiger partial charge in [-0.1, -0.05) is 35.9 Å². The lowest BCUT2D eigenvalue weighted by Crippen LogP contribution is -2.27. The van der Waals surface area contributed by atoms with Crippen molar-refractivity contribution < 1.29 is 9.47 Å². The molecule has 1 heterocycles. The molecule has 4 heteroatoms. The van der Waals surface area contributed by atoms with E-state index >= 15 is 0 Å². The Hall–Kier alpha value is -1.71. The third-order valence-electron chi connectivity index (χ3n) is 3.78. The monoisotopic (exact) mass is 303 g/mol. The van der Waals surface area contributed by atoms with Gasteiger partial charge in [0, 0.05) is 35.2 Å². The fraction of sp³-hybridized carbons (Fsp3) is 0.294. The van der Waals surface area contributed by atoms with Gasteiger partial charge < -0.3 is 14.8 Å². The molecule has 0 spiro atoms. The van der Waals surface area contributed by atoms with E-state index in [4.69, 9.17) is 21.1 Å². The summed E-state index contributed by atoms with van der Waals surface area (Å²) in [6.07, 6.45) is 0.948. The third kappa shape index (κ3) is 2.99. The van der Waals surface area contributed by atoms with E-state index in [1.54, 1.807) is 7.11 Å². The number of halogens is 1. The molecule has 3 nitrogen and oxygen atoms in total. The van der Waals surface area contributed by atoms with Crippen LogP contribution in [0.3, 0.4) is 0 Å². The van der Waals surface area contributed by atoms with Crippen LogP contribution in [-0.2, 0) is 6.54 Å². The fourth-order valence-corrected chi connectivity index (χ4v) is 2.91. The van der Waals surface area contributed by atoms with Crippen LogP contribution < -0.4 is 14.8 Å². The molecule has 0 radical (unpaired) electrons. The highest BCUT2D eigenvalue weighted by atomic mass is 35.5. The Bertz CT molecular complexity index is 630. The molecule has 1 aliphatic rings. The van der Waals surface area contributed by atoms with Crippen molar-refractivity contribution >= 4 is 11.6 Å². The second-order valence-corrected chi connectivity index (χ2v) is 5.44. The number of para-hydroxylation sites is 1. The van der Waals surface area contributed by atoms with E-state index in [-0.39, 0.29) is 6.04 Å². The van der Waals surface area contributed by atoms with E-state index in [2.05, 4.69) is 11.4 Å². The lowest BCUT2D eigenvalue weighted by Gasteiger charge is -2.27. The van der Waals surface area contributed by atoms with Crippen LogP contribution in [0.1, 0.15) is 23.6 Å². The SMILES string of the molecule is COc1cccc(Cl)c1CNC1CCOc2ccccc21. The lowest BCUT2D eigenvalue weighted by molar-refractivity contribution is 0.252. The maximum Gasteiger partial charge on any atom is 0.124 e. The summed E-state index contributed by atoms with van der Waals surface area (Å²) < 4.78 is 11.1. The van der Waals surface area contributed by atoms with Crippen molar-refractivity contribution in [1.29, 1.82) is 0 Å². The van der Waals surface area contributed by atoms with E-state index in [1.807, 2.05) is 36.4 Å². The molecule has 1 atom stereocenters. The van der Waals surface area contributed by atoms with Gasteiger partial charge in [0.2, 0.25) is 0 Å². The zero-order chi connectivity index (χ0) is 14.7. The standard InChI is InChI=1S/C17H18ClNO2/c1-20-16-8-4-6-14(18)13(16)11-19-15-9-10-21-17-7-3-2-5-12(15)17/h2-8,15,19H,9-11H2,1H3. The highest BCUT2D eigenvalue weighted by Gasteiger charge is 2.21. The van der Waals surface area contributed by atoms with Crippen molar-refractivity contribution in [3.63, 3.8) is 0 Å². The summed E-state index contributed by atoms with van der Waals surface area (Å²) in [4.78, 5) is 0. The van der Waals surface area contributed by atoms with Crippen molar-refractivity contribution in [3.8, 4) is 11.5 Å². The zero-order valence-corrected chi connectivity index (χ0v) is 12.7. The number of nitrogens with one attached hydrogen (secondary N) is 1. The number of rotatable bonds is 4. The first-order valence-electron chi connectivity index (χ1n) is 7.06. The minimum absolute atomic E-state index is 0.274. The Morgan fingerprint density at radius 1 is 1.24 bits per heavy atom. The van der Waals surface area contributed by atoms with Crippen molar-refractivity contribution in [2.75, 3.05) is 13.7 Å². The molecule has 1 aliphatic heterocycles. The van der Waals surface area contributed by atoms with Gasteiger partial charge in [-0.05, 0) is 18.2 Å². The number of methoxy groups -OCH3 is 1. The predicted octanol–water partition coefficient (Wildman–Crippen LogP) is 3.96. The molecule has 0 fully saturated rings. The number of hydrogen-bond acceptors (Lipinski definition) is 3. The van der Waals surface area contributed by atoms with Crippen LogP contribution in [-0.4, -0.2) is 13.7 Å². The van der Waals surface area contributed by atoms with E-state index in [1.165, 1.54) is 5.56 Å². The molecule has 110 valence electrons. The molecule has 0 saturated heterocycles. The van der Waals surface area contributed by atoms with Crippen LogP contribution >= 0.6 is 11.6 Å². The van der Waals surface area contributed by atoms with Crippen molar-refractivity contribution in [2.45, 2.75) is 19.0 Å². The topological polar surface area (TPSA) is 30.5 Å². The molecule has 0 aliphatic carbocycles. The quantitative estimate of drug-likeness (QED) is 0.927. The van der Waals surface area contributed by atoms with Gasteiger partial charge in [-0.3, -0.25) is 0 Å². The van der Waals surface area contributed by atoms with Gasteiger partial charge in [0.05, 0.1) is 13.7 Å². The number of hydrogen-bond donors (Lipinski definition) is 1. The van der Waals surface area contributed by atoms with Gasteiger partial charge >= 0.3 is 0 Å². The summed E-state index contributed by atoms with van der Waals surface area (Å²) in [7, 11) is 1.67. The summed E-state index contributed by atoms with van der Waals surface area (Å²) in [6.45, 7) is 1.40. The normalized spacial score (nSPS) is 17.0. The number of ether oxygens (including phenoxy) is 2. The van der Waals surface area contributed by atoms with Gasteiger partial charge in [0.15, 0.2) is 0 Å². The molecule has 3 rings (SSSR count). The molecule has 0 bridgehead atoms. The molecular weight excluding hydrogens is 286 g/mol. The van der Waals surface area contributed by atoms with Crippen molar-refractivity contribution in [2.24, 2.45) is 0 Å². The molecule has 0 aromatic heterocycles. The number of benzene rings is 2. The summed E-state index contributed by atoms with van der Waals surface area (Å²) in [5.41, 5.74) is 2.19. The second-order valence-electron chi connectivity index (χ2n) is 5.03. The van der Waals surface area contributed by atoms with Crippen LogP contribution in [0, 0.1) is 0 Å². The molecule has 1 unspecified atom stereocenters. The Morgan fingerprint density at radius 3 is 2.95 bits per heavy atom.